The second kappa shape index (κ2) is 3.84. The molecule has 4 nitrogen and oxygen atoms in total. The molecule has 1 aliphatic carbocycles. The molecule has 0 bridgehead atoms. The predicted octanol–water partition coefficient (Wildman–Crippen LogP) is 1.85. The predicted molar refractivity (Wildman–Crippen MR) is 49.4 cm³/mol. The molecule has 1 aromatic rings. The standard InChI is InChI=1S/C10H10FNO3/c11-8-7(10(13)14)4-5-12-9(8)15-6-2-1-3-6/h4-6H,1-3H2,(H,13,14). The maximum Gasteiger partial charge on any atom is 0.338 e. The Morgan fingerprint density at radius 1 is 1.60 bits per heavy atom. The van der Waals surface area contributed by atoms with E-state index in [2.05, 4.69) is 4.98 Å². The third-order valence-corrected chi connectivity index (χ3v) is 2.42. The second-order valence-corrected chi connectivity index (χ2v) is 3.45. The van der Waals surface area contributed by atoms with Crippen LogP contribution in [0.15, 0.2) is 12.3 Å². The van der Waals surface area contributed by atoms with Gasteiger partial charge in [-0.05, 0) is 25.3 Å². The van der Waals surface area contributed by atoms with Crippen molar-refractivity contribution < 1.29 is 19.0 Å². The van der Waals surface area contributed by atoms with Crippen LogP contribution in [0.5, 0.6) is 5.88 Å². The average Bonchev–Trinajstić information content (AvgIpc) is 2.13. The van der Waals surface area contributed by atoms with Crippen LogP contribution in [0.4, 0.5) is 4.39 Å². The number of hydrogen-bond donors (Lipinski definition) is 1. The third-order valence-electron chi connectivity index (χ3n) is 2.42. The molecule has 1 aromatic heterocycles. The van der Waals surface area contributed by atoms with Gasteiger partial charge in [0.25, 0.3) is 5.88 Å². The summed E-state index contributed by atoms with van der Waals surface area (Å²) in [6.07, 6.45) is 4.03. The molecule has 0 aliphatic heterocycles. The van der Waals surface area contributed by atoms with Gasteiger partial charge >= 0.3 is 5.97 Å². The van der Waals surface area contributed by atoms with E-state index in [0.717, 1.165) is 25.3 Å². The van der Waals surface area contributed by atoms with Gasteiger partial charge in [-0.15, -0.1) is 0 Å². The number of pyridine rings is 1. The van der Waals surface area contributed by atoms with Gasteiger partial charge in [0.05, 0.1) is 0 Å². The molecule has 1 N–H and O–H groups in total. The molecule has 1 heterocycles. The summed E-state index contributed by atoms with van der Waals surface area (Å²) in [5, 5.41) is 8.67. The molecular formula is C10H10FNO3. The smallest absolute Gasteiger partial charge is 0.338 e. The largest absolute Gasteiger partial charge is 0.478 e. The van der Waals surface area contributed by atoms with E-state index in [0.29, 0.717) is 0 Å². The molecular weight excluding hydrogens is 201 g/mol. The van der Waals surface area contributed by atoms with Crippen molar-refractivity contribution in [2.24, 2.45) is 0 Å². The number of rotatable bonds is 3. The van der Waals surface area contributed by atoms with Crippen LogP contribution in [0, 0.1) is 5.82 Å². The first-order valence-electron chi connectivity index (χ1n) is 4.73. The molecule has 2 rings (SSSR count). The summed E-state index contributed by atoms with van der Waals surface area (Å²) < 4.78 is 18.7. The Balaban J connectivity index is 2.22. The summed E-state index contributed by atoms with van der Waals surface area (Å²) in [6, 6.07) is 1.12. The topological polar surface area (TPSA) is 59.4 Å². The minimum Gasteiger partial charge on any atom is -0.478 e. The summed E-state index contributed by atoms with van der Waals surface area (Å²) in [5.41, 5.74) is -0.403. The number of carbonyl (C=O) groups is 1. The van der Waals surface area contributed by atoms with Gasteiger partial charge in [-0.1, -0.05) is 0 Å². The highest BCUT2D eigenvalue weighted by Crippen LogP contribution is 2.26. The number of hydrogen-bond acceptors (Lipinski definition) is 3. The molecule has 0 saturated heterocycles. The van der Waals surface area contributed by atoms with E-state index in [1.54, 1.807) is 0 Å². The number of carboxylic acid groups (broad SMARTS) is 1. The van der Waals surface area contributed by atoms with Crippen molar-refractivity contribution in [1.82, 2.24) is 4.98 Å². The highest BCUT2D eigenvalue weighted by atomic mass is 19.1. The van der Waals surface area contributed by atoms with E-state index in [1.165, 1.54) is 6.20 Å². The summed E-state index contributed by atoms with van der Waals surface area (Å²) in [5.74, 6) is -2.41. The lowest BCUT2D eigenvalue weighted by atomic mass is 9.96. The van der Waals surface area contributed by atoms with Crippen LogP contribution < -0.4 is 4.74 Å². The Bertz CT molecular complexity index is 390. The Morgan fingerprint density at radius 3 is 2.87 bits per heavy atom. The Labute approximate surface area is 85.7 Å². The molecule has 5 heteroatoms. The van der Waals surface area contributed by atoms with Gasteiger partial charge in [-0.3, -0.25) is 0 Å². The highest BCUT2D eigenvalue weighted by Gasteiger charge is 2.23. The molecule has 0 unspecified atom stereocenters. The van der Waals surface area contributed by atoms with Crippen molar-refractivity contribution in [3.05, 3.63) is 23.6 Å². The molecule has 1 fully saturated rings. The minimum absolute atomic E-state index is 0.0176. The fraction of sp³-hybridized carbons (Fsp3) is 0.400. The van der Waals surface area contributed by atoms with Crippen molar-refractivity contribution in [2.45, 2.75) is 25.4 Å². The Morgan fingerprint density at radius 2 is 2.33 bits per heavy atom. The van der Waals surface area contributed by atoms with E-state index in [1.807, 2.05) is 0 Å². The molecule has 0 radical (unpaired) electrons. The molecule has 1 saturated carbocycles. The van der Waals surface area contributed by atoms with Gasteiger partial charge in [-0.25, -0.2) is 14.2 Å². The zero-order valence-corrected chi connectivity index (χ0v) is 7.94. The summed E-state index contributed by atoms with van der Waals surface area (Å²) >= 11 is 0. The van der Waals surface area contributed by atoms with Crippen LogP contribution >= 0.6 is 0 Å². The van der Waals surface area contributed by atoms with Gasteiger partial charge < -0.3 is 9.84 Å². The fourth-order valence-electron chi connectivity index (χ4n) is 1.32. The van der Waals surface area contributed by atoms with Crippen LogP contribution in [0.3, 0.4) is 0 Å². The van der Waals surface area contributed by atoms with Gasteiger partial charge in [0.1, 0.15) is 11.7 Å². The molecule has 15 heavy (non-hydrogen) atoms. The van der Waals surface area contributed by atoms with Gasteiger partial charge in [0, 0.05) is 6.20 Å². The first-order valence-corrected chi connectivity index (χ1v) is 4.73. The minimum atomic E-state index is -1.31. The van der Waals surface area contributed by atoms with Crippen LogP contribution in [-0.2, 0) is 0 Å². The molecule has 0 amide bonds. The number of halogens is 1. The molecule has 0 atom stereocenters. The first kappa shape index (κ1) is 9.89. The Kier molecular flexibility index (Phi) is 2.53. The lowest BCUT2D eigenvalue weighted by Gasteiger charge is -2.25. The van der Waals surface area contributed by atoms with E-state index in [9.17, 15) is 9.18 Å². The van der Waals surface area contributed by atoms with Crippen molar-refractivity contribution in [3.8, 4) is 5.88 Å². The number of carboxylic acids is 1. The zero-order chi connectivity index (χ0) is 10.8. The summed E-state index contributed by atoms with van der Waals surface area (Å²) in [7, 11) is 0. The first-order chi connectivity index (χ1) is 7.18. The molecule has 80 valence electrons. The summed E-state index contributed by atoms with van der Waals surface area (Å²) in [4.78, 5) is 14.3. The molecule has 1 aliphatic rings. The number of aromatic carboxylic acids is 1. The van der Waals surface area contributed by atoms with E-state index in [-0.39, 0.29) is 12.0 Å². The van der Waals surface area contributed by atoms with Crippen LogP contribution in [-0.4, -0.2) is 22.2 Å². The van der Waals surface area contributed by atoms with E-state index in [4.69, 9.17) is 9.84 Å². The van der Waals surface area contributed by atoms with Gasteiger partial charge in [0.15, 0.2) is 5.82 Å². The fourth-order valence-corrected chi connectivity index (χ4v) is 1.32. The van der Waals surface area contributed by atoms with Crippen molar-refractivity contribution in [1.29, 1.82) is 0 Å². The molecule has 0 aromatic carbocycles. The molecule has 0 spiro atoms. The van der Waals surface area contributed by atoms with Crippen molar-refractivity contribution in [3.63, 3.8) is 0 Å². The van der Waals surface area contributed by atoms with Crippen LogP contribution in [0.1, 0.15) is 29.6 Å². The lowest BCUT2D eigenvalue weighted by molar-refractivity contribution is 0.0685. The third kappa shape index (κ3) is 1.91. The van der Waals surface area contributed by atoms with Crippen LogP contribution in [0.2, 0.25) is 0 Å². The normalized spacial score (nSPS) is 15.8. The number of nitrogens with zero attached hydrogens (tertiary/aromatic N) is 1. The Hall–Kier alpha value is -1.65. The number of aromatic nitrogens is 1. The monoisotopic (exact) mass is 211 g/mol. The zero-order valence-electron chi connectivity index (χ0n) is 7.94. The highest BCUT2D eigenvalue weighted by molar-refractivity contribution is 5.88. The van der Waals surface area contributed by atoms with Gasteiger partial charge in [0.2, 0.25) is 0 Å². The maximum absolute atomic E-state index is 13.5. The number of ether oxygens (including phenoxy) is 1. The average molecular weight is 211 g/mol. The maximum atomic E-state index is 13.5. The quantitative estimate of drug-likeness (QED) is 0.828. The van der Waals surface area contributed by atoms with Gasteiger partial charge in [-0.2, -0.15) is 0 Å². The summed E-state index contributed by atoms with van der Waals surface area (Å²) in [6.45, 7) is 0. The van der Waals surface area contributed by atoms with Crippen molar-refractivity contribution >= 4 is 5.97 Å². The van der Waals surface area contributed by atoms with Crippen molar-refractivity contribution in [2.75, 3.05) is 0 Å². The van der Waals surface area contributed by atoms with E-state index < -0.39 is 17.3 Å². The second-order valence-electron chi connectivity index (χ2n) is 3.45. The van der Waals surface area contributed by atoms with Crippen LogP contribution in [0.25, 0.3) is 0 Å². The lowest BCUT2D eigenvalue weighted by Crippen LogP contribution is -2.25. The van der Waals surface area contributed by atoms with E-state index >= 15 is 0 Å². The SMILES string of the molecule is O=C(O)c1ccnc(OC2CCC2)c1F.